The lowest BCUT2D eigenvalue weighted by molar-refractivity contribution is 0.658. The van der Waals surface area contributed by atoms with Gasteiger partial charge in [-0.05, 0) is 31.4 Å². The minimum atomic E-state index is 0.378. The van der Waals surface area contributed by atoms with E-state index in [1.54, 1.807) is 0 Å². The van der Waals surface area contributed by atoms with E-state index in [2.05, 4.69) is 40.6 Å². The van der Waals surface area contributed by atoms with Gasteiger partial charge in [-0.15, -0.1) is 0 Å². The van der Waals surface area contributed by atoms with Crippen molar-refractivity contribution in [2.45, 2.75) is 18.8 Å². The normalized spacial score (nSPS) is 31.9. The third-order valence-electron chi connectivity index (χ3n) is 4.35. The molecule has 3 nitrogen and oxygen atoms in total. The van der Waals surface area contributed by atoms with Crippen molar-refractivity contribution in [2.75, 3.05) is 13.1 Å². The zero-order chi connectivity index (χ0) is 10.8. The number of nitrogens with zero attached hydrogens (tertiary/aromatic N) is 1. The predicted octanol–water partition coefficient (Wildman–Crippen LogP) is 1.73. The first-order valence-corrected chi connectivity index (χ1v) is 5.96. The van der Waals surface area contributed by atoms with Gasteiger partial charge in [-0.2, -0.15) is 5.10 Å². The number of aromatic nitrogens is 2. The molecule has 1 aromatic heterocycles. The molecule has 0 amide bonds. The molecule has 1 saturated carbocycles. The SMILES string of the molecule is Cc1cccc2c(C34CNC[C@H]3C4)[nH]nc12. The highest BCUT2D eigenvalue weighted by atomic mass is 15.1. The highest BCUT2D eigenvalue weighted by Crippen LogP contribution is 2.57. The van der Waals surface area contributed by atoms with Crippen LogP contribution in [0.2, 0.25) is 0 Å². The largest absolute Gasteiger partial charge is 0.315 e. The molecule has 2 atom stereocenters. The van der Waals surface area contributed by atoms with E-state index >= 15 is 0 Å². The zero-order valence-electron chi connectivity index (χ0n) is 9.38. The van der Waals surface area contributed by atoms with Crippen molar-refractivity contribution in [3.63, 3.8) is 0 Å². The average molecular weight is 213 g/mol. The summed E-state index contributed by atoms with van der Waals surface area (Å²) in [7, 11) is 0. The second-order valence-electron chi connectivity index (χ2n) is 5.26. The van der Waals surface area contributed by atoms with Crippen LogP contribution in [0, 0.1) is 12.8 Å². The second-order valence-corrected chi connectivity index (χ2v) is 5.26. The van der Waals surface area contributed by atoms with E-state index in [-0.39, 0.29) is 0 Å². The molecule has 1 unspecified atom stereocenters. The number of aryl methyl sites for hydroxylation is 1. The third-order valence-corrected chi connectivity index (χ3v) is 4.35. The molecular formula is C13H15N3. The van der Waals surface area contributed by atoms with Crippen molar-refractivity contribution in [3.8, 4) is 0 Å². The maximum absolute atomic E-state index is 4.48. The van der Waals surface area contributed by atoms with Gasteiger partial charge in [0.25, 0.3) is 0 Å². The van der Waals surface area contributed by atoms with Crippen molar-refractivity contribution < 1.29 is 0 Å². The van der Waals surface area contributed by atoms with Crippen molar-refractivity contribution >= 4 is 10.9 Å². The van der Waals surface area contributed by atoms with Crippen molar-refractivity contribution in [1.82, 2.24) is 15.5 Å². The Balaban J connectivity index is 1.96. The molecule has 2 aliphatic rings. The van der Waals surface area contributed by atoms with Crippen molar-refractivity contribution in [2.24, 2.45) is 5.92 Å². The lowest BCUT2D eigenvalue weighted by atomic mass is 9.97. The summed E-state index contributed by atoms with van der Waals surface area (Å²) >= 11 is 0. The molecule has 1 aliphatic heterocycles. The topological polar surface area (TPSA) is 40.7 Å². The Morgan fingerprint density at radius 2 is 2.38 bits per heavy atom. The van der Waals surface area contributed by atoms with E-state index < -0.39 is 0 Å². The van der Waals surface area contributed by atoms with Gasteiger partial charge in [-0.25, -0.2) is 0 Å². The molecule has 1 aromatic carbocycles. The van der Waals surface area contributed by atoms with Gasteiger partial charge in [-0.3, -0.25) is 5.10 Å². The van der Waals surface area contributed by atoms with Crippen LogP contribution in [0.5, 0.6) is 0 Å². The number of para-hydroxylation sites is 1. The molecule has 4 rings (SSSR count). The summed E-state index contributed by atoms with van der Waals surface area (Å²) < 4.78 is 0. The molecule has 3 heteroatoms. The maximum Gasteiger partial charge on any atom is 0.0953 e. The van der Waals surface area contributed by atoms with Gasteiger partial charge in [-0.1, -0.05) is 18.2 Å². The summed E-state index contributed by atoms with van der Waals surface area (Å²) in [4.78, 5) is 0. The minimum Gasteiger partial charge on any atom is -0.315 e. The van der Waals surface area contributed by atoms with Crippen LogP contribution in [0.25, 0.3) is 10.9 Å². The van der Waals surface area contributed by atoms with E-state index in [1.165, 1.54) is 29.6 Å². The van der Waals surface area contributed by atoms with E-state index in [0.717, 1.165) is 18.0 Å². The van der Waals surface area contributed by atoms with Crippen LogP contribution in [0.3, 0.4) is 0 Å². The number of hydrogen-bond acceptors (Lipinski definition) is 2. The van der Waals surface area contributed by atoms with Gasteiger partial charge < -0.3 is 5.32 Å². The third kappa shape index (κ3) is 0.901. The fraction of sp³-hybridized carbons (Fsp3) is 0.462. The fourth-order valence-electron chi connectivity index (χ4n) is 3.29. The van der Waals surface area contributed by atoms with Crippen LogP contribution in [0.4, 0.5) is 0 Å². The highest BCUT2D eigenvalue weighted by Gasteiger charge is 2.59. The summed E-state index contributed by atoms with van der Waals surface area (Å²) in [5, 5.41) is 12.6. The molecular weight excluding hydrogens is 198 g/mol. The quantitative estimate of drug-likeness (QED) is 0.757. The van der Waals surface area contributed by atoms with Gasteiger partial charge in [0.15, 0.2) is 0 Å². The monoisotopic (exact) mass is 213 g/mol. The Morgan fingerprint density at radius 3 is 3.12 bits per heavy atom. The van der Waals surface area contributed by atoms with Crippen molar-refractivity contribution in [1.29, 1.82) is 0 Å². The molecule has 2 fully saturated rings. The first kappa shape index (κ1) is 8.76. The molecule has 0 spiro atoms. The average Bonchev–Trinajstić information content (AvgIpc) is 2.70. The van der Waals surface area contributed by atoms with E-state index in [0.29, 0.717) is 5.41 Å². The second kappa shape index (κ2) is 2.66. The molecule has 2 N–H and O–H groups in total. The molecule has 0 radical (unpaired) electrons. The first-order chi connectivity index (χ1) is 7.81. The molecule has 1 aliphatic carbocycles. The number of piperidine rings is 1. The number of benzene rings is 1. The predicted molar refractivity (Wildman–Crippen MR) is 63.5 cm³/mol. The van der Waals surface area contributed by atoms with Gasteiger partial charge >= 0.3 is 0 Å². The van der Waals surface area contributed by atoms with Crippen LogP contribution < -0.4 is 5.32 Å². The first-order valence-electron chi connectivity index (χ1n) is 5.96. The van der Waals surface area contributed by atoms with E-state index in [9.17, 15) is 0 Å². The lowest BCUT2D eigenvalue weighted by Crippen LogP contribution is -2.19. The van der Waals surface area contributed by atoms with Crippen LogP contribution in [0.15, 0.2) is 18.2 Å². The maximum atomic E-state index is 4.48. The minimum absolute atomic E-state index is 0.378. The van der Waals surface area contributed by atoms with Gasteiger partial charge in [0.2, 0.25) is 0 Å². The number of rotatable bonds is 1. The number of fused-ring (bicyclic) bond motifs is 2. The molecule has 0 bridgehead atoms. The summed E-state index contributed by atoms with van der Waals surface area (Å²) in [6, 6.07) is 6.46. The molecule has 16 heavy (non-hydrogen) atoms. The van der Waals surface area contributed by atoms with Gasteiger partial charge in [0.1, 0.15) is 0 Å². The smallest absolute Gasteiger partial charge is 0.0953 e. The molecule has 82 valence electrons. The van der Waals surface area contributed by atoms with Crippen LogP contribution in [-0.2, 0) is 5.41 Å². The van der Waals surface area contributed by atoms with Crippen LogP contribution in [0.1, 0.15) is 17.7 Å². The zero-order valence-corrected chi connectivity index (χ0v) is 9.38. The van der Waals surface area contributed by atoms with Crippen LogP contribution >= 0.6 is 0 Å². The fourth-order valence-corrected chi connectivity index (χ4v) is 3.29. The van der Waals surface area contributed by atoms with Gasteiger partial charge in [0.05, 0.1) is 11.2 Å². The Kier molecular flexibility index (Phi) is 1.46. The number of aromatic amines is 1. The van der Waals surface area contributed by atoms with E-state index in [4.69, 9.17) is 0 Å². The number of hydrogen-bond donors (Lipinski definition) is 2. The Hall–Kier alpha value is -1.35. The molecule has 2 heterocycles. The number of nitrogens with one attached hydrogen (secondary N) is 2. The standard InChI is InChI=1S/C13H15N3/c1-8-3-2-4-10-11(8)15-16-12(10)13-5-9(13)6-14-7-13/h2-4,9,14H,5-7H2,1H3,(H,15,16)/t9-,13?/m1/s1. The summed E-state index contributed by atoms with van der Waals surface area (Å²) in [5.74, 6) is 0.830. The van der Waals surface area contributed by atoms with Gasteiger partial charge in [0, 0.05) is 17.3 Å². The summed E-state index contributed by atoms with van der Waals surface area (Å²) in [6.45, 7) is 4.41. The lowest BCUT2D eigenvalue weighted by Gasteiger charge is -2.09. The molecule has 2 aromatic rings. The molecule has 1 saturated heterocycles. The summed E-state index contributed by atoms with van der Waals surface area (Å²) in [6.07, 6.45) is 1.32. The van der Waals surface area contributed by atoms with E-state index in [1.807, 2.05) is 0 Å². The Morgan fingerprint density at radius 1 is 1.44 bits per heavy atom. The van der Waals surface area contributed by atoms with Crippen molar-refractivity contribution in [3.05, 3.63) is 29.5 Å². The number of H-pyrrole nitrogens is 1. The Bertz CT molecular complexity index is 572. The summed E-state index contributed by atoms with van der Waals surface area (Å²) in [5.41, 5.74) is 4.15. The van der Waals surface area contributed by atoms with Crippen LogP contribution in [-0.4, -0.2) is 23.3 Å². The Labute approximate surface area is 94.2 Å². The highest BCUT2D eigenvalue weighted by molar-refractivity contribution is 5.85.